The number of nitrogens with one attached hydrogen (secondary N) is 3. The highest BCUT2D eigenvalue weighted by molar-refractivity contribution is 7.98. The number of primary amides is 1. The van der Waals surface area contributed by atoms with E-state index in [1.165, 1.54) is 11.8 Å². The molecule has 0 fully saturated rings. The lowest BCUT2D eigenvalue weighted by Gasteiger charge is -2.26. The van der Waals surface area contributed by atoms with Crippen molar-refractivity contribution in [1.29, 1.82) is 0 Å². The third-order valence-corrected chi connectivity index (χ3v) is 5.86. The molecule has 8 N–H and O–H groups in total. The van der Waals surface area contributed by atoms with Crippen LogP contribution in [0.3, 0.4) is 0 Å². The molecule has 0 rings (SSSR count). The molecule has 11 nitrogen and oxygen atoms in total. The summed E-state index contributed by atoms with van der Waals surface area (Å²) >= 11 is 3.05. The Bertz CT molecular complexity index is 679. The van der Waals surface area contributed by atoms with Gasteiger partial charge in [0, 0.05) is 0 Å². The first-order chi connectivity index (χ1) is 15.4. The summed E-state index contributed by atoms with van der Waals surface area (Å²) in [6.07, 6.45) is 4.18. The van der Waals surface area contributed by atoms with E-state index in [1.807, 2.05) is 26.4 Å². The summed E-state index contributed by atoms with van der Waals surface area (Å²) in [5, 5.41) is 16.8. The molecule has 0 aromatic carbocycles. The van der Waals surface area contributed by atoms with Gasteiger partial charge >= 0.3 is 5.97 Å². The van der Waals surface area contributed by atoms with Crippen molar-refractivity contribution in [3.63, 3.8) is 0 Å². The van der Waals surface area contributed by atoms with E-state index in [0.717, 1.165) is 0 Å². The standard InChI is InChI=1S/C20H37N5O6S2/c1-11(2)9-14(19(29)25-15(20(30)31)10-16(22)26)24-18(28)13(6-8-33-4)23-17(27)12(21)5-7-32-3/h11-15H,5-10,21H2,1-4H3,(H2,22,26)(H,23,27)(H,24,28)(H,25,29)(H,30,31). The van der Waals surface area contributed by atoms with Gasteiger partial charge < -0.3 is 32.5 Å². The fourth-order valence-corrected chi connectivity index (χ4v) is 3.77. The van der Waals surface area contributed by atoms with Crippen molar-refractivity contribution in [3.8, 4) is 0 Å². The summed E-state index contributed by atoms with van der Waals surface area (Å²) in [6, 6.07) is -4.25. The molecule has 0 aliphatic heterocycles. The first kappa shape index (κ1) is 31.0. The first-order valence-corrected chi connectivity index (χ1v) is 13.4. The summed E-state index contributed by atoms with van der Waals surface area (Å²) in [5.41, 5.74) is 11.0. The number of nitrogens with two attached hydrogens (primary N) is 2. The van der Waals surface area contributed by atoms with E-state index in [1.54, 1.807) is 11.8 Å². The number of carbonyl (C=O) groups excluding carboxylic acids is 4. The van der Waals surface area contributed by atoms with Gasteiger partial charge in [-0.3, -0.25) is 19.2 Å². The molecule has 4 unspecified atom stereocenters. The van der Waals surface area contributed by atoms with Crippen LogP contribution in [0.1, 0.15) is 39.5 Å². The molecule has 0 heterocycles. The predicted molar refractivity (Wildman–Crippen MR) is 131 cm³/mol. The van der Waals surface area contributed by atoms with Crippen molar-refractivity contribution in [1.82, 2.24) is 16.0 Å². The number of carboxylic acid groups (broad SMARTS) is 1. The Balaban J connectivity index is 5.43. The van der Waals surface area contributed by atoms with Crippen molar-refractivity contribution in [2.75, 3.05) is 24.0 Å². The SMILES string of the molecule is CSCCC(N)C(=O)NC(CCSC)C(=O)NC(CC(C)C)C(=O)NC(CC(N)=O)C(=O)O. The maximum atomic E-state index is 13.0. The second kappa shape index (κ2) is 16.6. The lowest BCUT2D eigenvalue weighted by atomic mass is 10.0. The molecule has 33 heavy (non-hydrogen) atoms. The zero-order valence-electron chi connectivity index (χ0n) is 19.6. The molecule has 0 aliphatic carbocycles. The van der Waals surface area contributed by atoms with Crippen LogP contribution in [0.15, 0.2) is 0 Å². The highest BCUT2D eigenvalue weighted by Crippen LogP contribution is 2.09. The average Bonchev–Trinajstić information content (AvgIpc) is 2.72. The van der Waals surface area contributed by atoms with Crippen LogP contribution in [-0.4, -0.2) is 82.9 Å². The number of rotatable bonds is 17. The normalized spacial score (nSPS) is 14.6. The Morgan fingerprint density at radius 2 is 1.30 bits per heavy atom. The van der Waals surface area contributed by atoms with Gasteiger partial charge in [-0.05, 0) is 49.2 Å². The number of amides is 4. The zero-order valence-corrected chi connectivity index (χ0v) is 21.2. The van der Waals surface area contributed by atoms with Crippen molar-refractivity contribution < 1.29 is 29.1 Å². The van der Waals surface area contributed by atoms with Crippen molar-refractivity contribution in [2.45, 2.75) is 63.7 Å². The molecule has 190 valence electrons. The minimum Gasteiger partial charge on any atom is -0.480 e. The van der Waals surface area contributed by atoms with Gasteiger partial charge in [-0.2, -0.15) is 23.5 Å². The maximum absolute atomic E-state index is 13.0. The fourth-order valence-electron chi connectivity index (χ4n) is 2.81. The van der Waals surface area contributed by atoms with Gasteiger partial charge in [0.15, 0.2) is 0 Å². The predicted octanol–water partition coefficient (Wildman–Crippen LogP) is -0.720. The minimum absolute atomic E-state index is 0.0142. The third-order valence-electron chi connectivity index (χ3n) is 4.57. The van der Waals surface area contributed by atoms with E-state index in [0.29, 0.717) is 24.3 Å². The van der Waals surface area contributed by atoms with Gasteiger partial charge in [-0.25, -0.2) is 4.79 Å². The van der Waals surface area contributed by atoms with Crippen LogP contribution in [0, 0.1) is 5.92 Å². The Hall–Kier alpha value is -1.99. The van der Waals surface area contributed by atoms with E-state index in [2.05, 4.69) is 16.0 Å². The van der Waals surface area contributed by atoms with E-state index in [-0.39, 0.29) is 12.3 Å². The van der Waals surface area contributed by atoms with Crippen LogP contribution >= 0.6 is 23.5 Å². The van der Waals surface area contributed by atoms with E-state index in [4.69, 9.17) is 11.5 Å². The highest BCUT2D eigenvalue weighted by Gasteiger charge is 2.31. The largest absolute Gasteiger partial charge is 0.480 e. The highest BCUT2D eigenvalue weighted by atomic mass is 32.2. The Morgan fingerprint density at radius 1 is 0.818 bits per heavy atom. The molecule has 0 saturated carbocycles. The number of thioether (sulfide) groups is 2. The smallest absolute Gasteiger partial charge is 0.326 e. The van der Waals surface area contributed by atoms with Crippen molar-refractivity contribution in [3.05, 3.63) is 0 Å². The molecule has 4 atom stereocenters. The zero-order chi connectivity index (χ0) is 25.6. The van der Waals surface area contributed by atoms with Gasteiger partial charge in [0.05, 0.1) is 12.5 Å². The Kier molecular flexibility index (Phi) is 15.6. The molecule has 0 aromatic rings. The summed E-state index contributed by atoms with van der Waals surface area (Å²) < 4.78 is 0. The van der Waals surface area contributed by atoms with Crippen LogP contribution < -0.4 is 27.4 Å². The van der Waals surface area contributed by atoms with Gasteiger partial charge in [0.1, 0.15) is 18.1 Å². The maximum Gasteiger partial charge on any atom is 0.326 e. The van der Waals surface area contributed by atoms with Gasteiger partial charge in [0.25, 0.3) is 0 Å². The van der Waals surface area contributed by atoms with E-state index >= 15 is 0 Å². The quantitative estimate of drug-likeness (QED) is 0.147. The van der Waals surface area contributed by atoms with Crippen LogP contribution in [-0.2, 0) is 24.0 Å². The third kappa shape index (κ3) is 13.3. The van der Waals surface area contributed by atoms with Crippen LogP contribution in [0.2, 0.25) is 0 Å². The Labute approximate surface area is 203 Å². The molecule has 0 aromatic heterocycles. The topological polar surface area (TPSA) is 194 Å². The Morgan fingerprint density at radius 3 is 1.79 bits per heavy atom. The first-order valence-electron chi connectivity index (χ1n) is 10.6. The number of hydrogen-bond acceptors (Lipinski definition) is 8. The lowest BCUT2D eigenvalue weighted by molar-refractivity contribution is -0.143. The number of aliphatic carboxylic acids is 1. The number of hydrogen-bond donors (Lipinski definition) is 6. The van der Waals surface area contributed by atoms with Crippen LogP contribution in [0.25, 0.3) is 0 Å². The van der Waals surface area contributed by atoms with Crippen molar-refractivity contribution in [2.24, 2.45) is 17.4 Å². The summed E-state index contributed by atoms with van der Waals surface area (Å²) in [4.78, 5) is 60.6. The second-order valence-electron chi connectivity index (χ2n) is 7.99. The van der Waals surface area contributed by atoms with Crippen LogP contribution in [0.5, 0.6) is 0 Å². The van der Waals surface area contributed by atoms with Gasteiger partial charge in [-0.15, -0.1) is 0 Å². The number of carbonyl (C=O) groups is 5. The molecule has 0 spiro atoms. The summed E-state index contributed by atoms with van der Waals surface area (Å²) in [7, 11) is 0. The molecule has 0 saturated heterocycles. The average molecular weight is 508 g/mol. The van der Waals surface area contributed by atoms with Gasteiger partial charge in [-0.1, -0.05) is 13.8 Å². The summed E-state index contributed by atoms with van der Waals surface area (Å²) in [6.45, 7) is 3.67. The molecule has 4 amide bonds. The second-order valence-corrected chi connectivity index (χ2v) is 9.96. The van der Waals surface area contributed by atoms with E-state index < -0.39 is 60.2 Å². The lowest BCUT2D eigenvalue weighted by Crippen LogP contribution is -2.57. The minimum atomic E-state index is -1.51. The summed E-state index contributed by atoms with van der Waals surface area (Å²) in [5.74, 6) is -2.82. The molecular weight excluding hydrogens is 470 g/mol. The molecule has 0 aliphatic rings. The monoisotopic (exact) mass is 507 g/mol. The van der Waals surface area contributed by atoms with E-state index in [9.17, 15) is 29.1 Å². The van der Waals surface area contributed by atoms with Crippen molar-refractivity contribution >= 4 is 53.1 Å². The fraction of sp³-hybridized carbons (Fsp3) is 0.750. The molecule has 0 bridgehead atoms. The molecule has 13 heteroatoms. The molecule has 0 radical (unpaired) electrons. The molecular formula is C20H37N5O6S2. The van der Waals surface area contributed by atoms with Gasteiger partial charge in [0.2, 0.25) is 23.6 Å². The van der Waals surface area contributed by atoms with Crippen LogP contribution in [0.4, 0.5) is 0 Å². The number of carboxylic acids is 1.